The average molecular weight is 151 g/mol. The summed E-state index contributed by atoms with van der Waals surface area (Å²) in [6.07, 6.45) is 0.917. The normalized spacial score (nSPS) is 10.0. The Bertz CT molecular complexity index is 115. The molecule has 0 aromatic carbocycles. The molecule has 6 heteroatoms. The molecule has 1 radical (unpaired) electrons. The van der Waals surface area contributed by atoms with Gasteiger partial charge in [-0.05, 0) is 12.9 Å². The monoisotopic (exact) mass is 151 g/mol. The van der Waals surface area contributed by atoms with Gasteiger partial charge in [0.2, 0.25) is 0 Å². The summed E-state index contributed by atoms with van der Waals surface area (Å²) in [5, 5.41) is 0. The molecule has 7 heavy (non-hydrogen) atoms. The molecule has 0 rings (SSSR count). The minimum absolute atomic E-state index is 0. The van der Waals surface area contributed by atoms with E-state index in [0.717, 1.165) is 6.26 Å². The van der Waals surface area contributed by atoms with Crippen molar-refractivity contribution in [3.63, 3.8) is 0 Å². The van der Waals surface area contributed by atoms with Crippen molar-refractivity contribution in [2.45, 2.75) is 0 Å². The molecule has 0 fully saturated rings. The van der Waals surface area contributed by atoms with Gasteiger partial charge in [-0.2, -0.15) is 8.42 Å². The van der Waals surface area contributed by atoms with Gasteiger partial charge in [-0.15, -0.1) is 0 Å². The molecule has 0 aromatic rings. The molecule has 0 N–H and O–H groups in total. The summed E-state index contributed by atoms with van der Waals surface area (Å²) in [5.41, 5.74) is 0. The summed E-state index contributed by atoms with van der Waals surface area (Å²) >= 11 is 3.01. The van der Waals surface area contributed by atoms with Gasteiger partial charge < -0.3 is 0 Å². The van der Waals surface area contributed by atoms with E-state index in [2.05, 4.69) is 16.5 Å². The zero-order valence-corrected chi connectivity index (χ0v) is 7.79. The fourth-order valence-electron chi connectivity index (χ4n) is 0. The van der Waals surface area contributed by atoms with Crippen LogP contribution in [0.5, 0.6) is 0 Å². The molecule has 0 saturated heterocycles. The predicted octanol–water partition coefficient (Wildman–Crippen LogP) is -0.573. The van der Waals surface area contributed by atoms with Gasteiger partial charge in [0.25, 0.3) is 10.1 Å². The molecule has 3 nitrogen and oxygen atoms in total. The molecular weight excluding hydrogens is 147 g/mol. The van der Waals surface area contributed by atoms with Crippen LogP contribution in [-0.4, -0.2) is 44.2 Å². The molecule has 0 aliphatic heterocycles. The van der Waals surface area contributed by atoms with E-state index >= 15 is 0 Å². The van der Waals surface area contributed by atoms with Crippen LogP contribution in [-0.2, 0) is 13.7 Å². The Morgan fingerprint density at radius 2 is 1.71 bits per heavy atom. The molecular formula is CH4NaO3S2. The van der Waals surface area contributed by atoms with Crippen LogP contribution >= 0.6 is 12.9 Å². The zero-order valence-electron chi connectivity index (χ0n) is 4.08. The second-order valence-corrected chi connectivity index (χ2v) is 2.78. The maximum absolute atomic E-state index is 9.70. The van der Waals surface area contributed by atoms with E-state index in [4.69, 9.17) is 0 Å². The second kappa shape index (κ2) is 4.17. The van der Waals surface area contributed by atoms with Crippen molar-refractivity contribution in [2.75, 3.05) is 6.26 Å². The van der Waals surface area contributed by atoms with Crippen molar-refractivity contribution in [1.29, 1.82) is 0 Å². The third-order valence-corrected chi connectivity index (χ3v) is 1.22. The van der Waals surface area contributed by atoms with Crippen LogP contribution in [0.1, 0.15) is 0 Å². The molecule has 0 spiro atoms. The fraction of sp³-hybridized carbons (Fsp3) is 1.00. The maximum Gasteiger partial charge on any atom is 0.274 e. The Hall–Kier alpha value is 1.26. The van der Waals surface area contributed by atoms with Crippen molar-refractivity contribution >= 4 is 52.6 Å². The molecule has 0 aromatic heterocycles. The van der Waals surface area contributed by atoms with E-state index in [1.165, 1.54) is 0 Å². The van der Waals surface area contributed by atoms with Crippen molar-refractivity contribution in [1.82, 2.24) is 0 Å². The Balaban J connectivity index is 0. The van der Waals surface area contributed by atoms with Crippen molar-refractivity contribution in [3.8, 4) is 0 Å². The summed E-state index contributed by atoms with van der Waals surface area (Å²) < 4.78 is 23.0. The van der Waals surface area contributed by atoms with E-state index in [0.29, 0.717) is 0 Å². The van der Waals surface area contributed by atoms with Gasteiger partial charge in [-0.3, -0.25) is 0 Å². The van der Waals surface area contributed by atoms with E-state index < -0.39 is 10.1 Å². The van der Waals surface area contributed by atoms with E-state index in [1.807, 2.05) is 0 Å². The largest absolute Gasteiger partial charge is 0.274 e. The Kier molecular flexibility index (Phi) is 6.62. The predicted molar refractivity (Wildman–Crippen MR) is 30.7 cm³/mol. The van der Waals surface area contributed by atoms with E-state index in [-0.39, 0.29) is 29.6 Å². The van der Waals surface area contributed by atoms with Crippen LogP contribution in [0.2, 0.25) is 0 Å². The van der Waals surface area contributed by atoms with Crippen molar-refractivity contribution < 1.29 is 12.0 Å². The van der Waals surface area contributed by atoms with Gasteiger partial charge in [0.15, 0.2) is 0 Å². The van der Waals surface area contributed by atoms with Crippen LogP contribution in [0.15, 0.2) is 0 Å². The zero-order chi connectivity index (χ0) is 5.21. The minimum atomic E-state index is -3.30. The molecule has 0 heterocycles. The first kappa shape index (κ1) is 11.1. The summed E-state index contributed by atoms with van der Waals surface area (Å²) in [6.45, 7) is 0. The van der Waals surface area contributed by atoms with Crippen LogP contribution < -0.4 is 0 Å². The summed E-state index contributed by atoms with van der Waals surface area (Å²) in [4.78, 5) is 0. The average Bonchev–Trinajstić information content (AvgIpc) is 1.35. The Morgan fingerprint density at radius 3 is 1.71 bits per heavy atom. The molecule has 39 valence electrons. The van der Waals surface area contributed by atoms with Crippen molar-refractivity contribution in [3.05, 3.63) is 0 Å². The fourth-order valence-corrected chi connectivity index (χ4v) is 0. The van der Waals surface area contributed by atoms with Crippen LogP contribution in [0, 0.1) is 0 Å². The molecule has 0 bridgehead atoms. The first-order chi connectivity index (χ1) is 2.56. The molecule has 0 amide bonds. The van der Waals surface area contributed by atoms with Crippen LogP contribution in [0.4, 0.5) is 0 Å². The standard InChI is InChI=1S/CH4O3S2.Na/c1-6(2,3)4-5;/h5H,1H3;. The molecule has 0 unspecified atom stereocenters. The van der Waals surface area contributed by atoms with Crippen LogP contribution in [0.3, 0.4) is 0 Å². The topological polar surface area (TPSA) is 43.4 Å². The molecule has 0 atom stereocenters. The van der Waals surface area contributed by atoms with Gasteiger partial charge in [-0.25, -0.2) is 3.63 Å². The number of hydrogen-bond acceptors (Lipinski definition) is 4. The first-order valence-electron chi connectivity index (χ1n) is 1.09. The number of thiol groups is 1. The molecule has 0 aliphatic rings. The van der Waals surface area contributed by atoms with E-state index in [9.17, 15) is 8.42 Å². The quantitative estimate of drug-likeness (QED) is 0.310. The maximum atomic E-state index is 9.70. The first-order valence-corrected chi connectivity index (χ1v) is 3.27. The van der Waals surface area contributed by atoms with Crippen molar-refractivity contribution in [2.24, 2.45) is 0 Å². The van der Waals surface area contributed by atoms with Gasteiger partial charge in [0, 0.05) is 29.6 Å². The summed E-state index contributed by atoms with van der Waals surface area (Å²) in [5.74, 6) is 0. The van der Waals surface area contributed by atoms with Gasteiger partial charge in [-0.1, -0.05) is 0 Å². The van der Waals surface area contributed by atoms with Crippen LogP contribution in [0.25, 0.3) is 0 Å². The van der Waals surface area contributed by atoms with Gasteiger partial charge in [0.1, 0.15) is 0 Å². The summed E-state index contributed by atoms with van der Waals surface area (Å²) in [7, 11) is -3.30. The van der Waals surface area contributed by atoms with E-state index in [1.54, 1.807) is 0 Å². The van der Waals surface area contributed by atoms with Gasteiger partial charge in [0.05, 0.1) is 6.26 Å². The third kappa shape index (κ3) is 11.1. The SMILES string of the molecule is CS(=O)(=O)OS.[Na]. The number of rotatable bonds is 1. The Morgan fingerprint density at radius 1 is 1.57 bits per heavy atom. The Labute approximate surface area is 70.5 Å². The molecule has 0 aliphatic carbocycles. The minimum Gasteiger partial charge on any atom is -0.201 e. The second-order valence-electron chi connectivity index (χ2n) is 0.779. The van der Waals surface area contributed by atoms with Gasteiger partial charge >= 0.3 is 0 Å². The smallest absolute Gasteiger partial charge is 0.201 e. The number of hydrogen-bond donors (Lipinski definition) is 1. The third-order valence-electron chi connectivity index (χ3n) is 0.135. The summed E-state index contributed by atoms with van der Waals surface area (Å²) in [6, 6.07) is 0. The molecule has 0 saturated carbocycles.